The smallest absolute Gasteiger partial charge is 0.253 e. The maximum Gasteiger partial charge on any atom is 0.253 e. The molecule has 7 nitrogen and oxygen atoms in total. The van der Waals surface area contributed by atoms with Gasteiger partial charge in [0, 0.05) is 56.5 Å². The zero-order valence-electron chi connectivity index (χ0n) is 18.5. The van der Waals surface area contributed by atoms with Crippen LogP contribution in [0.5, 0.6) is 5.88 Å². The summed E-state index contributed by atoms with van der Waals surface area (Å²) >= 11 is 0. The van der Waals surface area contributed by atoms with Gasteiger partial charge in [0.15, 0.2) is 0 Å². The number of carbonyl (C=O) groups excluding carboxylic acids is 2. The molecule has 2 heterocycles. The minimum absolute atomic E-state index is 0.111. The van der Waals surface area contributed by atoms with E-state index in [1.165, 1.54) is 11.1 Å². The van der Waals surface area contributed by atoms with Crippen molar-refractivity contribution < 1.29 is 18.7 Å². The second kappa shape index (κ2) is 10.7. The lowest BCUT2D eigenvalue weighted by molar-refractivity contribution is -0.128. The summed E-state index contributed by atoms with van der Waals surface area (Å²) in [4.78, 5) is 34.3. The maximum absolute atomic E-state index is 14.7. The number of likely N-dealkylation sites (N-methyl/N-ethyl adjacent to an activating group) is 1. The van der Waals surface area contributed by atoms with Gasteiger partial charge in [-0.25, -0.2) is 9.37 Å². The van der Waals surface area contributed by atoms with Crippen LogP contribution < -0.4 is 10.1 Å². The van der Waals surface area contributed by atoms with Crippen molar-refractivity contribution in [3.63, 3.8) is 0 Å². The van der Waals surface area contributed by atoms with E-state index < -0.39 is 0 Å². The molecule has 2 aromatic rings. The van der Waals surface area contributed by atoms with Crippen LogP contribution >= 0.6 is 0 Å². The number of allylic oxidation sites excluding steroid dienone is 3. The maximum atomic E-state index is 14.7. The van der Waals surface area contributed by atoms with Gasteiger partial charge >= 0.3 is 0 Å². The van der Waals surface area contributed by atoms with E-state index >= 15 is 0 Å². The zero-order chi connectivity index (χ0) is 23.1. The average Bonchev–Trinajstić information content (AvgIpc) is 2.82. The molecule has 0 saturated heterocycles. The molecule has 2 amide bonds. The lowest BCUT2D eigenvalue weighted by Gasteiger charge is -2.24. The van der Waals surface area contributed by atoms with Crippen LogP contribution in [0.15, 0.2) is 60.3 Å². The van der Waals surface area contributed by atoms with Gasteiger partial charge < -0.3 is 15.0 Å². The largest absolute Gasteiger partial charge is 0.481 e. The predicted octanol–water partition coefficient (Wildman–Crippen LogP) is 3.90. The first kappa shape index (κ1) is 23.1. The van der Waals surface area contributed by atoms with Crippen LogP contribution in [0.3, 0.4) is 0 Å². The van der Waals surface area contributed by atoms with Gasteiger partial charge in [0.2, 0.25) is 11.8 Å². The van der Waals surface area contributed by atoms with Crippen molar-refractivity contribution in [2.24, 2.45) is 0 Å². The first-order valence-electron chi connectivity index (χ1n) is 10.5. The van der Waals surface area contributed by atoms with Crippen LogP contribution in [0.2, 0.25) is 0 Å². The average molecular weight is 439 g/mol. The molecule has 0 radical (unpaired) electrons. The number of rotatable bonds is 8. The Kier molecular flexibility index (Phi) is 7.70. The third-order valence-corrected chi connectivity index (χ3v) is 5.25. The highest BCUT2D eigenvalue weighted by molar-refractivity contribution is 5.93. The summed E-state index contributed by atoms with van der Waals surface area (Å²) in [5.41, 5.74) is 2.21. The number of methoxy groups -OCH3 is 1. The summed E-state index contributed by atoms with van der Waals surface area (Å²) in [7, 11) is 3.13. The van der Waals surface area contributed by atoms with E-state index in [0.29, 0.717) is 42.2 Å². The third-order valence-electron chi connectivity index (χ3n) is 5.25. The first-order valence-corrected chi connectivity index (χ1v) is 10.5. The summed E-state index contributed by atoms with van der Waals surface area (Å²) in [5.74, 6) is -0.463. The molecule has 1 atom stereocenters. The fraction of sp³-hybridized carbons (Fsp3) is 0.333. The highest BCUT2D eigenvalue weighted by Gasteiger charge is 2.23. The molecule has 1 aliphatic carbocycles. The number of halogens is 1. The SMILES string of the molecule is CCCC(=O)N(C)C1=C(F)CC(c2ccc(C(=O)NCc3ccc(OC)nc3)cn2)C=C1. The molecule has 0 aromatic carbocycles. The Morgan fingerprint density at radius 2 is 2.03 bits per heavy atom. The summed E-state index contributed by atoms with van der Waals surface area (Å²) in [5, 5.41) is 2.82. The van der Waals surface area contributed by atoms with E-state index in [1.54, 1.807) is 44.6 Å². The van der Waals surface area contributed by atoms with Crippen LogP contribution in [0.25, 0.3) is 0 Å². The molecule has 1 N–H and O–H groups in total. The monoisotopic (exact) mass is 438 g/mol. The number of hydrogen-bond donors (Lipinski definition) is 1. The summed E-state index contributed by atoms with van der Waals surface area (Å²) in [6.07, 6.45) is 7.81. The number of aromatic nitrogens is 2. The van der Waals surface area contributed by atoms with Gasteiger partial charge in [0.05, 0.1) is 18.4 Å². The Bertz CT molecular complexity index is 1020. The Morgan fingerprint density at radius 1 is 1.22 bits per heavy atom. The van der Waals surface area contributed by atoms with Crippen LogP contribution in [-0.4, -0.2) is 40.8 Å². The fourth-order valence-corrected chi connectivity index (χ4v) is 3.36. The van der Waals surface area contributed by atoms with E-state index in [4.69, 9.17) is 4.74 Å². The van der Waals surface area contributed by atoms with Crippen LogP contribution in [0, 0.1) is 0 Å². The normalized spacial score (nSPS) is 15.4. The van der Waals surface area contributed by atoms with Crippen molar-refractivity contribution in [3.05, 3.63) is 77.2 Å². The fourth-order valence-electron chi connectivity index (χ4n) is 3.36. The minimum Gasteiger partial charge on any atom is -0.481 e. The summed E-state index contributed by atoms with van der Waals surface area (Å²) in [6.45, 7) is 2.24. The van der Waals surface area contributed by atoms with E-state index in [0.717, 1.165) is 5.56 Å². The van der Waals surface area contributed by atoms with E-state index in [2.05, 4.69) is 15.3 Å². The molecule has 0 saturated carbocycles. The third kappa shape index (κ3) is 5.57. The Morgan fingerprint density at radius 3 is 2.62 bits per heavy atom. The van der Waals surface area contributed by atoms with Crippen molar-refractivity contribution in [3.8, 4) is 5.88 Å². The molecule has 3 rings (SSSR count). The Hall–Kier alpha value is -3.55. The highest BCUT2D eigenvalue weighted by Crippen LogP contribution is 2.32. The second-order valence-corrected chi connectivity index (χ2v) is 7.53. The number of carbonyl (C=O) groups is 2. The second-order valence-electron chi connectivity index (χ2n) is 7.53. The molecule has 0 fully saturated rings. The minimum atomic E-state index is -0.346. The van der Waals surface area contributed by atoms with Gasteiger partial charge in [-0.2, -0.15) is 0 Å². The molecular formula is C24H27FN4O3. The van der Waals surface area contributed by atoms with E-state index in [1.807, 2.05) is 19.1 Å². The number of hydrogen-bond acceptors (Lipinski definition) is 5. The van der Waals surface area contributed by atoms with E-state index in [9.17, 15) is 14.0 Å². The van der Waals surface area contributed by atoms with Crippen molar-refractivity contribution >= 4 is 11.8 Å². The number of nitrogens with one attached hydrogen (secondary N) is 1. The lowest BCUT2D eigenvalue weighted by Crippen LogP contribution is -2.27. The van der Waals surface area contributed by atoms with E-state index in [-0.39, 0.29) is 30.0 Å². The molecule has 32 heavy (non-hydrogen) atoms. The van der Waals surface area contributed by atoms with Crippen LogP contribution in [0.4, 0.5) is 4.39 Å². The number of ether oxygens (including phenoxy) is 1. The van der Waals surface area contributed by atoms with Crippen LogP contribution in [0.1, 0.15) is 53.7 Å². The van der Waals surface area contributed by atoms with Gasteiger partial charge in [0.1, 0.15) is 5.83 Å². The predicted molar refractivity (Wildman–Crippen MR) is 119 cm³/mol. The summed E-state index contributed by atoms with van der Waals surface area (Å²) in [6, 6.07) is 6.95. The zero-order valence-corrected chi connectivity index (χ0v) is 18.5. The molecule has 1 aliphatic rings. The molecule has 0 spiro atoms. The highest BCUT2D eigenvalue weighted by atomic mass is 19.1. The standard InChI is InChI=1S/C24H27FN4O3/c1-4-5-23(30)29(2)21-10-8-17(12-19(21)25)20-9-7-18(15-26-20)24(31)28-14-16-6-11-22(32-3)27-13-16/h6-11,13,15,17H,4-5,12,14H2,1-3H3,(H,28,31). The first-order chi connectivity index (χ1) is 15.4. The van der Waals surface area contributed by atoms with Gasteiger partial charge in [-0.15, -0.1) is 0 Å². The lowest BCUT2D eigenvalue weighted by atomic mass is 9.94. The quantitative estimate of drug-likeness (QED) is 0.676. The van der Waals surface area contributed by atoms with Crippen molar-refractivity contribution in [1.82, 2.24) is 20.2 Å². The van der Waals surface area contributed by atoms with Crippen LogP contribution in [-0.2, 0) is 11.3 Å². The summed E-state index contributed by atoms with van der Waals surface area (Å²) < 4.78 is 19.7. The molecule has 8 heteroatoms. The van der Waals surface area contributed by atoms with Crippen molar-refractivity contribution in [2.75, 3.05) is 14.2 Å². The Labute approximate surface area is 187 Å². The van der Waals surface area contributed by atoms with Gasteiger partial charge in [-0.3, -0.25) is 14.6 Å². The molecule has 0 bridgehead atoms. The molecule has 0 aliphatic heterocycles. The molecular weight excluding hydrogens is 411 g/mol. The number of pyridine rings is 2. The molecule has 168 valence electrons. The van der Waals surface area contributed by atoms with Gasteiger partial charge in [-0.05, 0) is 30.2 Å². The van der Waals surface area contributed by atoms with Gasteiger partial charge in [-0.1, -0.05) is 19.1 Å². The van der Waals surface area contributed by atoms with Gasteiger partial charge in [0.25, 0.3) is 5.91 Å². The Balaban J connectivity index is 1.59. The number of nitrogens with zero attached hydrogens (tertiary/aromatic N) is 3. The topological polar surface area (TPSA) is 84.4 Å². The van der Waals surface area contributed by atoms with Crippen molar-refractivity contribution in [2.45, 2.75) is 38.6 Å². The number of amides is 2. The molecule has 2 aromatic heterocycles. The van der Waals surface area contributed by atoms with Crippen molar-refractivity contribution in [1.29, 1.82) is 0 Å². The molecule has 1 unspecified atom stereocenters.